The van der Waals surface area contributed by atoms with Crippen LogP contribution in [-0.4, -0.2) is 37.4 Å². The van der Waals surface area contributed by atoms with Crippen LogP contribution in [0.1, 0.15) is 12.5 Å². The summed E-state index contributed by atoms with van der Waals surface area (Å²) in [5.41, 5.74) is 0.971. The highest BCUT2D eigenvalue weighted by atomic mass is 16.6. The van der Waals surface area contributed by atoms with Gasteiger partial charge in [-0.25, -0.2) is 4.79 Å². The second-order valence-corrected chi connectivity index (χ2v) is 4.74. The topological polar surface area (TPSA) is 71.1 Å². The van der Waals surface area contributed by atoms with E-state index in [0.29, 0.717) is 6.61 Å². The molecule has 0 saturated heterocycles. The van der Waals surface area contributed by atoms with Crippen LogP contribution < -0.4 is 0 Å². The normalized spacial score (nSPS) is 23.5. The third kappa shape index (κ3) is 4.08. The summed E-state index contributed by atoms with van der Waals surface area (Å²) in [6.45, 7) is 1.59. The van der Waals surface area contributed by atoms with Crippen molar-refractivity contribution < 1.29 is 28.5 Å². The second kappa shape index (κ2) is 7.61. The van der Waals surface area contributed by atoms with Crippen LogP contribution in [0, 0.1) is 0 Å². The van der Waals surface area contributed by atoms with Crippen molar-refractivity contribution in [1.82, 2.24) is 0 Å². The Bertz CT molecular complexity index is 539. The Morgan fingerprint density at radius 3 is 2.59 bits per heavy atom. The quantitative estimate of drug-likeness (QED) is 0.769. The Kier molecular flexibility index (Phi) is 5.55. The molecule has 0 N–H and O–H groups in total. The lowest BCUT2D eigenvalue weighted by Crippen LogP contribution is -2.48. The van der Waals surface area contributed by atoms with Crippen LogP contribution in [0.5, 0.6) is 0 Å². The third-order valence-electron chi connectivity index (χ3n) is 3.14. The molecule has 1 aliphatic heterocycles. The molecule has 6 heteroatoms. The standard InChI is InChI=1S/C16H18O6/c1-11(17)22-14-13(8-9-20-15(14)16(18)19-2)21-10-12-6-4-3-5-7-12/h3-9,13-15H,10H2,1-2H3/t13-,14+,15+/m1/s1. The fraction of sp³-hybridized carbons (Fsp3) is 0.375. The second-order valence-electron chi connectivity index (χ2n) is 4.74. The van der Waals surface area contributed by atoms with Gasteiger partial charge in [0.05, 0.1) is 20.0 Å². The number of carbonyl (C=O) groups excluding carboxylic acids is 2. The lowest BCUT2D eigenvalue weighted by Gasteiger charge is -2.32. The molecular formula is C16H18O6. The highest BCUT2D eigenvalue weighted by Crippen LogP contribution is 2.21. The maximum Gasteiger partial charge on any atom is 0.351 e. The van der Waals surface area contributed by atoms with Crippen LogP contribution in [0.25, 0.3) is 0 Å². The van der Waals surface area contributed by atoms with E-state index in [-0.39, 0.29) is 0 Å². The maximum atomic E-state index is 11.8. The summed E-state index contributed by atoms with van der Waals surface area (Å²) in [6, 6.07) is 9.55. The first kappa shape index (κ1) is 16.0. The average Bonchev–Trinajstić information content (AvgIpc) is 2.53. The molecule has 0 bridgehead atoms. The number of esters is 2. The Balaban J connectivity index is 2.09. The van der Waals surface area contributed by atoms with E-state index >= 15 is 0 Å². The zero-order valence-electron chi connectivity index (χ0n) is 12.4. The summed E-state index contributed by atoms with van der Waals surface area (Å²) >= 11 is 0. The maximum absolute atomic E-state index is 11.8. The molecule has 0 radical (unpaired) electrons. The number of hydrogen-bond donors (Lipinski definition) is 0. The van der Waals surface area contributed by atoms with Crippen molar-refractivity contribution in [2.45, 2.75) is 31.8 Å². The fourth-order valence-electron chi connectivity index (χ4n) is 2.11. The van der Waals surface area contributed by atoms with E-state index in [2.05, 4.69) is 4.74 Å². The minimum absolute atomic E-state index is 0.321. The molecule has 1 aromatic rings. The molecule has 3 atom stereocenters. The molecule has 0 unspecified atom stereocenters. The molecule has 6 nitrogen and oxygen atoms in total. The molecule has 22 heavy (non-hydrogen) atoms. The van der Waals surface area contributed by atoms with Crippen molar-refractivity contribution in [3.63, 3.8) is 0 Å². The van der Waals surface area contributed by atoms with Crippen LogP contribution in [-0.2, 0) is 35.1 Å². The lowest BCUT2D eigenvalue weighted by molar-refractivity contribution is -0.180. The predicted octanol–water partition coefficient (Wildman–Crippen LogP) is 1.59. The first-order valence-corrected chi connectivity index (χ1v) is 6.84. The highest BCUT2D eigenvalue weighted by molar-refractivity contribution is 5.76. The van der Waals surface area contributed by atoms with Crippen LogP contribution in [0.15, 0.2) is 42.7 Å². The van der Waals surface area contributed by atoms with Crippen LogP contribution in [0.3, 0.4) is 0 Å². The molecule has 0 saturated carbocycles. The summed E-state index contributed by atoms with van der Waals surface area (Å²) in [5.74, 6) is -1.14. The predicted molar refractivity (Wildman–Crippen MR) is 76.6 cm³/mol. The van der Waals surface area contributed by atoms with Gasteiger partial charge in [0, 0.05) is 6.92 Å². The van der Waals surface area contributed by atoms with Gasteiger partial charge in [0.25, 0.3) is 0 Å². The Morgan fingerprint density at radius 1 is 1.23 bits per heavy atom. The SMILES string of the molecule is COC(=O)[C@H]1OC=C[C@@H](OCc2ccccc2)[C@@H]1OC(C)=O. The summed E-state index contributed by atoms with van der Waals surface area (Å²) in [5, 5.41) is 0. The molecule has 0 aliphatic carbocycles. The van der Waals surface area contributed by atoms with Gasteiger partial charge in [-0.15, -0.1) is 0 Å². The van der Waals surface area contributed by atoms with Gasteiger partial charge in [0.2, 0.25) is 6.10 Å². The van der Waals surface area contributed by atoms with Gasteiger partial charge in [0.15, 0.2) is 6.10 Å². The van der Waals surface area contributed by atoms with E-state index in [1.807, 2.05) is 30.3 Å². The highest BCUT2D eigenvalue weighted by Gasteiger charge is 2.41. The molecular weight excluding hydrogens is 288 g/mol. The van der Waals surface area contributed by atoms with E-state index in [0.717, 1.165) is 5.56 Å². The van der Waals surface area contributed by atoms with Crippen molar-refractivity contribution in [3.8, 4) is 0 Å². The van der Waals surface area contributed by atoms with Gasteiger partial charge in [-0.2, -0.15) is 0 Å². The van der Waals surface area contributed by atoms with Gasteiger partial charge in [-0.3, -0.25) is 4.79 Å². The van der Waals surface area contributed by atoms with Gasteiger partial charge in [0.1, 0.15) is 6.10 Å². The first-order valence-electron chi connectivity index (χ1n) is 6.84. The van der Waals surface area contributed by atoms with Crippen LogP contribution >= 0.6 is 0 Å². The molecule has 0 aromatic heterocycles. The summed E-state index contributed by atoms with van der Waals surface area (Å²) in [6.07, 6.45) is 0.438. The van der Waals surface area contributed by atoms with Gasteiger partial charge >= 0.3 is 11.9 Å². The summed E-state index contributed by atoms with van der Waals surface area (Å²) in [4.78, 5) is 23.0. The van der Waals surface area contributed by atoms with Gasteiger partial charge in [-0.05, 0) is 11.6 Å². The van der Waals surface area contributed by atoms with E-state index in [4.69, 9.17) is 14.2 Å². The van der Waals surface area contributed by atoms with Crippen molar-refractivity contribution in [1.29, 1.82) is 0 Å². The van der Waals surface area contributed by atoms with E-state index in [1.54, 1.807) is 6.08 Å². The van der Waals surface area contributed by atoms with E-state index < -0.39 is 30.3 Å². The first-order chi connectivity index (χ1) is 10.6. The van der Waals surface area contributed by atoms with Crippen molar-refractivity contribution >= 4 is 11.9 Å². The van der Waals surface area contributed by atoms with Gasteiger partial charge < -0.3 is 18.9 Å². The summed E-state index contributed by atoms with van der Waals surface area (Å²) in [7, 11) is 1.24. The molecule has 2 rings (SSSR count). The van der Waals surface area contributed by atoms with Crippen molar-refractivity contribution in [2.24, 2.45) is 0 Å². The lowest BCUT2D eigenvalue weighted by atomic mass is 10.1. The number of hydrogen-bond acceptors (Lipinski definition) is 6. The van der Waals surface area contributed by atoms with Crippen LogP contribution in [0.4, 0.5) is 0 Å². The van der Waals surface area contributed by atoms with Crippen molar-refractivity contribution in [2.75, 3.05) is 7.11 Å². The number of benzene rings is 1. The number of ether oxygens (including phenoxy) is 4. The zero-order valence-corrected chi connectivity index (χ0v) is 12.4. The molecule has 0 amide bonds. The Hall–Kier alpha value is -2.34. The molecule has 1 aromatic carbocycles. The average molecular weight is 306 g/mol. The number of methoxy groups -OCH3 is 1. The molecule has 118 valence electrons. The van der Waals surface area contributed by atoms with E-state index in [9.17, 15) is 9.59 Å². The number of carbonyl (C=O) groups is 2. The minimum Gasteiger partial charge on any atom is -0.482 e. The van der Waals surface area contributed by atoms with Crippen LogP contribution in [0.2, 0.25) is 0 Å². The molecule has 1 heterocycles. The minimum atomic E-state index is -1.04. The largest absolute Gasteiger partial charge is 0.482 e. The Labute approximate surface area is 128 Å². The van der Waals surface area contributed by atoms with E-state index in [1.165, 1.54) is 20.3 Å². The Morgan fingerprint density at radius 2 is 1.95 bits per heavy atom. The molecule has 1 aliphatic rings. The molecule has 0 fully saturated rings. The molecule has 0 spiro atoms. The zero-order chi connectivity index (χ0) is 15.9. The monoisotopic (exact) mass is 306 g/mol. The van der Waals surface area contributed by atoms with Crippen molar-refractivity contribution in [3.05, 3.63) is 48.2 Å². The smallest absolute Gasteiger partial charge is 0.351 e. The number of rotatable bonds is 5. The summed E-state index contributed by atoms with van der Waals surface area (Å²) < 4.78 is 20.8. The fourth-order valence-corrected chi connectivity index (χ4v) is 2.11. The third-order valence-corrected chi connectivity index (χ3v) is 3.14. The van der Waals surface area contributed by atoms with Gasteiger partial charge in [-0.1, -0.05) is 30.3 Å².